The quantitative estimate of drug-likeness (QED) is 0.695. The van der Waals surface area contributed by atoms with E-state index in [0.29, 0.717) is 13.0 Å². The molecule has 1 saturated heterocycles. The van der Waals surface area contributed by atoms with Crippen LogP contribution in [-0.2, 0) is 16.0 Å². The van der Waals surface area contributed by atoms with Crippen LogP contribution < -0.4 is 10.6 Å². The van der Waals surface area contributed by atoms with Crippen molar-refractivity contribution in [3.05, 3.63) is 36.0 Å². The van der Waals surface area contributed by atoms with Crippen molar-refractivity contribution in [2.45, 2.75) is 32.2 Å². The highest BCUT2D eigenvalue weighted by Gasteiger charge is 2.43. The molecule has 0 spiro atoms. The van der Waals surface area contributed by atoms with Crippen LogP contribution >= 0.6 is 0 Å². The lowest BCUT2D eigenvalue weighted by atomic mass is 10.1. The molecule has 0 atom stereocenters. The van der Waals surface area contributed by atoms with Gasteiger partial charge in [-0.15, -0.1) is 0 Å². The molecule has 7 heteroatoms. The van der Waals surface area contributed by atoms with Gasteiger partial charge in [0, 0.05) is 36.6 Å². The minimum absolute atomic E-state index is 0.0903. The summed E-state index contributed by atoms with van der Waals surface area (Å²) in [6.07, 6.45) is 2.77. The number of amides is 4. The van der Waals surface area contributed by atoms with Crippen molar-refractivity contribution in [1.82, 2.24) is 20.5 Å². The Morgan fingerprint density at radius 1 is 1.24 bits per heavy atom. The number of nitrogens with zero attached hydrogens (tertiary/aromatic N) is 1. The SMILES string of the molecule is CC1(C)NC(=O)N(CCC(=O)NCCc2c[nH]c3ccccc23)C1=O. The molecule has 0 unspecified atom stereocenters. The van der Waals surface area contributed by atoms with Crippen LogP contribution in [0.2, 0.25) is 0 Å². The van der Waals surface area contributed by atoms with E-state index >= 15 is 0 Å². The number of H-pyrrole nitrogens is 1. The van der Waals surface area contributed by atoms with Crippen molar-refractivity contribution < 1.29 is 14.4 Å². The number of hydrogen-bond donors (Lipinski definition) is 3. The highest BCUT2D eigenvalue weighted by molar-refractivity contribution is 6.06. The van der Waals surface area contributed by atoms with E-state index in [1.54, 1.807) is 13.8 Å². The lowest BCUT2D eigenvalue weighted by molar-refractivity contribution is -0.130. The monoisotopic (exact) mass is 342 g/mol. The third-order valence-electron chi connectivity index (χ3n) is 4.40. The minimum atomic E-state index is -0.900. The second-order valence-corrected chi connectivity index (χ2v) is 6.72. The summed E-state index contributed by atoms with van der Waals surface area (Å²) in [5.74, 6) is -0.478. The van der Waals surface area contributed by atoms with Gasteiger partial charge in [0.2, 0.25) is 5.91 Å². The Morgan fingerprint density at radius 3 is 2.72 bits per heavy atom. The number of aromatic amines is 1. The van der Waals surface area contributed by atoms with Gasteiger partial charge in [-0.2, -0.15) is 0 Å². The Labute approximate surface area is 145 Å². The normalized spacial score (nSPS) is 16.3. The van der Waals surface area contributed by atoms with Crippen molar-refractivity contribution in [3.63, 3.8) is 0 Å². The molecular weight excluding hydrogens is 320 g/mol. The molecule has 0 bridgehead atoms. The summed E-state index contributed by atoms with van der Waals surface area (Å²) in [7, 11) is 0. The molecule has 1 aliphatic heterocycles. The maximum absolute atomic E-state index is 12.1. The van der Waals surface area contributed by atoms with E-state index in [9.17, 15) is 14.4 Å². The van der Waals surface area contributed by atoms with Crippen molar-refractivity contribution in [2.75, 3.05) is 13.1 Å². The number of aromatic nitrogens is 1. The molecule has 1 fully saturated rings. The molecule has 4 amide bonds. The number of carbonyl (C=O) groups is 3. The fourth-order valence-corrected chi connectivity index (χ4v) is 3.00. The van der Waals surface area contributed by atoms with Crippen molar-refractivity contribution in [2.24, 2.45) is 0 Å². The largest absolute Gasteiger partial charge is 0.361 e. The predicted molar refractivity (Wildman–Crippen MR) is 94.0 cm³/mol. The molecular formula is C18H22N4O3. The zero-order valence-electron chi connectivity index (χ0n) is 14.4. The third kappa shape index (κ3) is 3.50. The Kier molecular flexibility index (Phi) is 4.48. The van der Waals surface area contributed by atoms with Crippen LogP contribution in [-0.4, -0.2) is 46.4 Å². The molecule has 1 aliphatic rings. The minimum Gasteiger partial charge on any atom is -0.361 e. The molecule has 3 rings (SSSR count). The van der Waals surface area contributed by atoms with Crippen LogP contribution in [0.1, 0.15) is 25.8 Å². The number of hydrogen-bond acceptors (Lipinski definition) is 3. The van der Waals surface area contributed by atoms with E-state index in [-0.39, 0.29) is 24.8 Å². The number of nitrogens with one attached hydrogen (secondary N) is 3. The molecule has 0 saturated carbocycles. The van der Waals surface area contributed by atoms with Crippen molar-refractivity contribution >= 4 is 28.7 Å². The van der Waals surface area contributed by atoms with Crippen LogP contribution in [0.25, 0.3) is 10.9 Å². The first kappa shape index (κ1) is 17.0. The molecule has 1 aromatic carbocycles. The smallest absolute Gasteiger partial charge is 0.325 e. The number of urea groups is 1. The second kappa shape index (κ2) is 6.58. The molecule has 3 N–H and O–H groups in total. The van der Waals surface area contributed by atoms with Gasteiger partial charge in [-0.25, -0.2) is 4.79 Å². The van der Waals surface area contributed by atoms with Gasteiger partial charge in [0.1, 0.15) is 5.54 Å². The Hall–Kier alpha value is -2.83. The summed E-state index contributed by atoms with van der Waals surface area (Å²) in [4.78, 5) is 40.1. The first-order valence-electron chi connectivity index (χ1n) is 8.34. The van der Waals surface area contributed by atoms with Gasteiger partial charge in [0.25, 0.3) is 5.91 Å². The van der Waals surface area contributed by atoms with E-state index in [4.69, 9.17) is 0 Å². The van der Waals surface area contributed by atoms with Gasteiger partial charge in [0.05, 0.1) is 0 Å². The van der Waals surface area contributed by atoms with E-state index in [1.807, 2.05) is 30.5 Å². The summed E-state index contributed by atoms with van der Waals surface area (Å²) in [5, 5.41) is 6.59. The van der Waals surface area contributed by atoms with Crippen LogP contribution in [0, 0.1) is 0 Å². The Morgan fingerprint density at radius 2 is 2.00 bits per heavy atom. The van der Waals surface area contributed by atoms with Crippen LogP contribution in [0.3, 0.4) is 0 Å². The maximum atomic E-state index is 12.1. The van der Waals surface area contributed by atoms with E-state index in [2.05, 4.69) is 15.6 Å². The summed E-state index contributed by atoms with van der Waals surface area (Å²) >= 11 is 0. The number of fused-ring (bicyclic) bond motifs is 1. The molecule has 2 heterocycles. The molecule has 2 aromatic rings. The van der Waals surface area contributed by atoms with Crippen LogP contribution in [0.15, 0.2) is 30.5 Å². The highest BCUT2D eigenvalue weighted by Crippen LogP contribution is 2.18. The lowest BCUT2D eigenvalue weighted by Crippen LogP contribution is -2.40. The van der Waals surface area contributed by atoms with Gasteiger partial charge in [0.15, 0.2) is 0 Å². The summed E-state index contributed by atoms with van der Waals surface area (Å²) in [6.45, 7) is 3.89. The van der Waals surface area contributed by atoms with Gasteiger partial charge in [-0.3, -0.25) is 14.5 Å². The van der Waals surface area contributed by atoms with E-state index < -0.39 is 11.6 Å². The van der Waals surface area contributed by atoms with Gasteiger partial charge >= 0.3 is 6.03 Å². The zero-order chi connectivity index (χ0) is 18.0. The molecule has 7 nitrogen and oxygen atoms in total. The first-order valence-corrected chi connectivity index (χ1v) is 8.34. The number of carbonyl (C=O) groups excluding carboxylic acids is 3. The predicted octanol–water partition coefficient (Wildman–Crippen LogP) is 1.55. The number of imide groups is 1. The molecule has 0 aliphatic carbocycles. The molecule has 25 heavy (non-hydrogen) atoms. The fraction of sp³-hybridized carbons (Fsp3) is 0.389. The standard InChI is InChI=1S/C18H22N4O3/c1-18(2)16(24)22(17(25)21-18)10-8-15(23)19-9-7-12-11-20-14-6-4-3-5-13(12)14/h3-6,11,20H,7-10H2,1-2H3,(H,19,23)(H,21,25). The second-order valence-electron chi connectivity index (χ2n) is 6.72. The fourth-order valence-electron chi connectivity index (χ4n) is 3.00. The van der Waals surface area contributed by atoms with E-state index in [0.717, 1.165) is 21.4 Å². The summed E-state index contributed by atoms with van der Waals surface area (Å²) < 4.78 is 0. The van der Waals surface area contributed by atoms with Crippen molar-refractivity contribution in [1.29, 1.82) is 0 Å². The third-order valence-corrected chi connectivity index (χ3v) is 4.40. The Bertz CT molecular complexity index is 825. The topological polar surface area (TPSA) is 94.3 Å². The number of para-hydroxylation sites is 1. The molecule has 0 radical (unpaired) electrons. The number of rotatable bonds is 6. The molecule has 132 valence electrons. The summed E-state index contributed by atoms with van der Waals surface area (Å²) in [6, 6.07) is 7.57. The average Bonchev–Trinajstić information content (AvgIpc) is 3.05. The zero-order valence-corrected chi connectivity index (χ0v) is 14.4. The van der Waals surface area contributed by atoms with Gasteiger partial charge in [-0.05, 0) is 31.9 Å². The Balaban J connectivity index is 1.46. The van der Waals surface area contributed by atoms with Gasteiger partial charge in [-0.1, -0.05) is 18.2 Å². The lowest BCUT2D eigenvalue weighted by Gasteiger charge is -2.15. The number of benzene rings is 1. The first-order chi connectivity index (χ1) is 11.9. The highest BCUT2D eigenvalue weighted by atomic mass is 16.2. The maximum Gasteiger partial charge on any atom is 0.325 e. The van der Waals surface area contributed by atoms with Crippen LogP contribution in [0.5, 0.6) is 0 Å². The summed E-state index contributed by atoms with van der Waals surface area (Å²) in [5.41, 5.74) is 1.32. The van der Waals surface area contributed by atoms with Crippen molar-refractivity contribution in [3.8, 4) is 0 Å². The van der Waals surface area contributed by atoms with Gasteiger partial charge < -0.3 is 15.6 Å². The van der Waals surface area contributed by atoms with E-state index in [1.165, 1.54) is 0 Å². The average molecular weight is 342 g/mol. The molecule has 1 aromatic heterocycles. The van der Waals surface area contributed by atoms with Crippen LogP contribution in [0.4, 0.5) is 4.79 Å².